The smallest absolute Gasteiger partial charge is 0.270 e. The van der Waals surface area contributed by atoms with Gasteiger partial charge in [0.2, 0.25) is 0 Å². The number of benzene rings is 3. The van der Waals surface area contributed by atoms with E-state index in [1.54, 1.807) is 12.1 Å². The summed E-state index contributed by atoms with van der Waals surface area (Å²) in [7, 11) is -0.682. The lowest BCUT2D eigenvalue weighted by molar-refractivity contribution is -0.384. The standard InChI is InChI=1S/C28H27N2O2P/c1-3-27(29-21(2)22-12-10-13-23(20-22)30(31)32)26-18-11-19-28(26)33(24-14-6-4-7-15-24)25-16-8-5-9-17-25/h4-20,26-27H,3H2,1-2H3/t26?,27-/m1/s1. The molecule has 1 aliphatic rings. The van der Waals surface area contributed by atoms with E-state index in [-0.39, 0.29) is 22.6 Å². The van der Waals surface area contributed by atoms with Gasteiger partial charge in [-0.15, -0.1) is 0 Å². The molecule has 0 spiro atoms. The summed E-state index contributed by atoms with van der Waals surface area (Å²) in [6.07, 6.45) is 7.56. The number of non-ortho nitro benzene ring substituents is 1. The van der Waals surface area contributed by atoms with Crippen LogP contribution >= 0.6 is 7.92 Å². The fraction of sp³-hybridized carbons (Fsp3) is 0.179. The first-order valence-corrected chi connectivity index (χ1v) is 12.5. The third-order valence-corrected chi connectivity index (χ3v) is 8.47. The molecule has 0 heterocycles. The van der Waals surface area contributed by atoms with Gasteiger partial charge >= 0.3 is 0 Å². The van der Waals surface area contributed by atoms with E-state index in [4.69, 9.17) is 4.99 Å². The van der Waals surface area contributed by atoms with Gasteiger partial charge in [0.25, 0.3) is 5.69 Å². The van der Waals surface area contributed by atoms with Gasteiger partial charge in [-0.25, -0.2) is 0 Å². The molecule has 5 heteroatoms. The summed E-state index contributed by atoms with van der Waals surface area (Å²) in [6.45, 7) is 4.10. The Morgan fingerprint density at radius 2 is 1.64 bits per heavy atom. The van der Waals surface area contributed by atoms with Crippen LogP contribution < -0.4 is 10.6 Å². The molecule has 0 N–H and O–H groups in total. The molecule has 0 aromatic heterocycles. The van der Waals surface area contributed by atoms with Crippen molar-refractivity contribution in [3.63, 3.8) is 0 Å². The predicted octanol–water partition coefficient (Wildman–Crippen LogP) is 6.39. The minimum atomic E-state index is -0.682. The van der Waals surface area contributed by atoms with E-state index in [2.05, 4.69) is 85.8 Å². The SMILES string of the molecule is CC[C@@H](N=C(C)c1cccc([N+](=O)[O-])c1)C1C=CC=C1P(c1ccccc1)c1ccccc1. The molecule has 0 amide bonds. The van der Waals surface area contributed by atoms with Crippen molar-refractivity contribution in [2.45, 2.75) is 26.3 Å². The molecule has 166 valence electrons. The maximum absolute atomic E-state index is 11.2. The lowest BCUT2D eigenvalue weighted by Crippen LogP contribution is -2.23. The zero-order valence-corrected chi connectivity index (χ0v) is 19.7. The molecule has 1 unspecified atom stereocenters. The molecule has 4 nitrogen and oxygen atoms in total. The summed E-state index contributed by atoms with van der Waals surface area (Å²) >= 11 is 0. The summed E-state index contributed by atoms with van der Waals surface area (Å²) in [5, 5.41) is 15.2. The minimum absolute atomic E-state index is 0.0617. The van der Waals surface area contributed by atoms with Crippen LogP contribution in [0.4, 0.5) is 5.69 Å². The van der Waals surface area contributed by atoms with Gasteiger partial charge in [-0.3, -0.25) is 15.1 Å². The van der Waals surface area contributed by atoms with Gasteiger partial charge in [0.15, 0.2) is 0 Å². The zero-order valence-electron chi connectivity index (χ0n) is 18.8. The molecule has 0 bridgehead atoms. The number of nitro benzene ring substituents is 1. The Hall–Kier alpha value is -3.36. The van der Waals surface area contributed by atoms with Gasteiger partial charge in [0.1, 0.15) is 0 Å². The van der Waals surface area contributed by atoms with Crippen LogP contribution in [0.15, 0.2) is 113 Å². The third-order valence-electron chi connectivity index (χ3n) is 5.88. The number of nitro groups is 1. The molecule has 0 saturated heterocycles. The first-order chi connectivity index (χ1) is 16.1. The number of nitrogens with zero attached hydrogens (tertiary/aromatic N) is 2. The van der Waals surface area contributed by atoms with E-state index in [0.717, 1.165) is 17.7 Å². The Kier molecular flexibility index (Phi) is 7.26. The lowest BCUT2D eigenvalue weighted by Gasteiger charge is -2.28. The lowest BCUT2D eigenvalue weighted by atomic mass is 9.99. The average molecular weight is 455 g/mol. The first-order valence-electron chi connectivity index (χ1n) is 11.2. The van der Waals surface area contributed by atoms with Crippen LogP contribution in [0.25, 0.3) is 0 Å². The van der Waals surface area contributed by atoms with Crippen LogP contribution in [0, 0.1) is 16.0 Å². The fourth-order valence-corrected chi connectivity index (χ4v) is 6.85. The maximum atomic E-state index is 11.2. The average Bonchev–Trinajstić information content (AvgIpc) is 3.33. The van der Waals surface area contributed by atoms with Crippen molar-refractivity contribution < 1.29 is 4.92 Å². The van der Waals surface area contributed by atoms with Crippen molar-refractivity contribution in [1.82, 2.24) is 0 Å². The maximum Gasteiger partial charge on any atom is 0.270 e. The van der Waals surface area contributed by atoms with Crippen LogP contribution in [-0.4, -0.2) is 16.7 Å². The Balaban J connectivity index is 1.69. The summed E-state index contributed by atoms with van der Waals surface area (Å²) in [5.41, 5.74) is 1.71. The molecule has 33 heavy (non-hydrogen) atoms. The van der Waals surface area contributed by atoms with Crippen LogP contribution in [0.2, 0.25) is 0 Å². The highest BCUT2D eigenvalue weighted by Crippen LogP contribution is 2.50. The summed E-state index contributed by atoms with van der Waals surface area (Å²) in [5.74, 6) is 0.190. The Morgan fingerprint density at radius 3 is 2.21 bits per heavy atom. The topological polar surface area (TPSA) is 55.5 Å². The Morgan fingerprint density at radius 1 is 1.00 bits per heavy atom. The molecule has 0 radical (unpaired) electrons. The Bertz CT molecular complexity index is 1160. The minimum Gasteiger partial charge on any atom is -0.285 e. The monoisotopic (exact) mass is 454 g/mol. The number of aliphatic imine (C=N–C) groups is 1. The van der Waals surface area contributed by atoms with Gasteiger partial charge in [-0.1, -0.05) is 97.9 Å². The first kappa shape index (κ1) is 22.8. The second-order valence-electron chi connectivity index (χ2n) is 8.01. The van der Waals surface area contributed by atoms with E-state index in [1.807, 2.05) is 13.0 Å². The van der Waals surface area contributed by atoms with Crippen molar-refractivity contribution in [2.75, 3.05) is 0 Å². The molecular weight excluding hydrogens is 427 g/mol. The summed E-state index contributed by atoms with van der Waals surface area (Å²) in [4.78, 5) is 15.9. The molecule has 0 fully saturated rings. The second kappa shape index (κ2) is 10.5. The van der Waals surface area contributed by atoms with Gasteiger partial charge in [-0.05, 0) is 37.2 Å². The molecule has 3 aromatic rings. The van der Waals surface area contributed by atoms with Gasteiger partial charge in [0.05, 0.1) is 11.0 Å². The molecule has 0 saturated carbocycles. The highest BCUT2D eigenvalue weighted by molar-refractivity contribution is 7.76. The predicted molar refractivity (Wildman–Crippen MR) is 139 cm³/mol. The summed E-state index contributed by atoms with van der Waals surface area (Å²) in [6, 6.07) is 28.2. The Labute approximate surface area is 196 Å². The number of rotatable bonds is 8. The highest BCUT2D eigenvalue weighted by atomic mass is 31.1. The molecule has 1 aliphatic carbocycles. The molecule has 2 atom stereocenters. The summed E-state index contributed by atoms with van der Waals surface area (Å²) < 4.78 is 0. The van der Waals surface area contributed by atoms with Gasteiger partial charge in [0, 0.05) is 29.3 Å². The molecule has 3 aromatic carbocycles. The van der Waals surface area contributed by atoms with Crippen LogP contribution in [0.3, 0.4) is 0 Å². The molecule has 4 rings (SSSR count). The highest BCUT2D eigenvalue weighted by Gasteiger charge is 2.30. The quantitative estimate of drug-likeness (QED) is 0.171. The van der Waals surface area contributed by atoms with E-state index < -0.39 is 7.92 Å². The number of hydrogen-bond acceptors (Lipinski definition) is 3. The van der Waals surface area contributed by atoms with Crippen molar-refractivity contribution >= 4 is 29.9 Å². The normalized spacial score (nSPS) is 16.6. The van der Waals surface area contributed by atoms with E-state index >= 15 is 0 Å². The van der Waals surface area contributed by atoms with Crippen LogP contribution in [-0.2, 0) is 0 Å². The van der Waals surface area contributed by atoms with Gasteiger partial charge < -0.3 is 0 Å². The number of allylic oxidation sites excluding steroid dienone is 2. The third kappa shape index (κ3) is 5.18. The van der Waals surface area contributed by atoms with Crippen molar-refractivity contribution in [1.29, 1.82) is 0 Å². The zero-order chi connectivity index (χ0) is 23.2. The molecular formula is C28H27N2O2P. The van der Waals surface area contributed by atoms with Crippen molar-refractivity contribution in [2.24, 2.45) is 10.9 Å². The number of hydrogen-bond donors (Lipinski definition) is 0. The van der Waals surface area contributed by atoms with Crippen LogP contribution in [0.5, 0.6) is 0 Å². The largest absolute Gasteiger partial charge is 0.285 e. The molecule has 0 aliphatic heterocycles. The fourth-order valence-electron chi connectivity index (χ4n) is 4.23. The van der Waals surface area contributed by atoms with E-state index in [9.17, 15) is 10.1 Å². The van der Waals surface area contributed by atoms with Crippen LogP contribution in [0.1, 0.15) is 25.8 Å². The van der Waals surface area contributed by atoms with Crippen molar-refractivity contribution in [3.05, 3.63) is 124 Å². The van der Waals surface area contributed by atoms with E-state index in [1.165, 1.54) is 22.0 Å². The van der Waals surface area contributed by atoms with Crippen molar-refractivity contribution in [3.8, 4) is 0 Å². The van der Waals surface area contributed by atoms with E-state index in [0.29, 0.717) is 0 Å². The van der Waals surface area contributed by atoms with Gasteiger partial charge in [-0.2, -0.15) is 0 Å². The second-order valence-corrected chi connectivity index (χ2v) is 10.2.